The molecular weight excluding hydrogens is 430 g/mol. The number of nitrogens with zero attached hydrogens (tertiary/aromatic N) is 2. The summed E-state index contributed by atoms with van der Waals surface area (Å²) in [5, 5.41) is 4.86. The van der Waals surface area contributed by atoms with Crippen LogP contribution in [0.1, 0.15) is 43.6 Å². The summed E-state index contributed by atoms with van der Waals surface area (Å²) in [6.07, 6.45) is 6.89. The Morgan fingerprint density at radius 3 is 2.47 bits per heavy atom. The first kappa shape index (κ1) is 21.9. The minimum Gasteiger partial charge on any atom is -0.364 e. The fraction of sp³-hybridized carbons (Fsp3) is 0.409. The molecular formula is C22H25N5O4S. The number of hydrogen-bond acceptors (Lipinski definition) is 6. The van der Waals surface area contributed by atoms with Crippen LogP contribution in [0.3, 0.4) is 0 Å². The van der Waals surface area contributed by atoms with Gasteiger partial charge in [0.25, 0.3) is 5.91 Å². The molecule has 1 aliphatic heterocycles. The van der Waals surface area contributed by atoms with Crippen molar-refractivity contribution in [3.8, 4) is 11.3 Å². The first-order valence-corrected chi connectivity index (χ1v) is 11.4. The van der Waals surface area contributed by atoms with Crippen LogP contribution in [0.4, 0.5) is 5.13 Å². The number of imide groups is 1. The minimum absolute atomic E-state index is 0.103. The van der Waals surface area contributed by atoms with Crippen LogP contribution in [0, 0.1) is 17.8 Å². The maximum absolute atomic E-state index is 13.2. The molecule has 1 fully saturated rings. The summed E-state index contributed by atoms with van der Waals surface area (Å²) in [6.45, 7) is 3.90. The molecule has 9 nitrogen and oxygen atoms in total. The molecule has 0 radical (unpaired) electrons. The zero-order valence-corrected chi connectivity index (χ0v) is 18.6. The number of nitrogens with two attached hydrogens (primary N) is 1. The van der Waals surface area contributed by atoms with Crippen LogP contribution in [0.2, 0.25) is 0 Å². The summed E-state index contributed by atoms with van der Waals surface area (Å²) < 4.78 is 0. The second-order valence-electron chi connectivity index (χ2n) is 8.54. The molecule has 2 aliphatic rings. The zero-order chi connectivity index (χ0) is 23.0. The van der Waals surface area contributed by atoms with Gasteiger partial charge in [0.05, 0.1) is 17.5 Å². The van der Waals surface area contributed by atoms with E-state index in [4.69, 9.17) is 5.73 Å². The molecule has 2 aromatic heterocycles. The van der Waals surface area contributed by atoms with E-state index in [-0.39, 0.29) is 35.3 Å². The molecule has 0 saturated carbocycles. The number of aromatic amines is 1. The second kappa shape index (κ2) is 8.70. The Balaban J connectivity index is 1.53. The first-order chi connectivity index (χ1) is 15.3. The van der Waals surface area contributed by atoms with Crippen molar-refractivity contribution in [2.24, 2.45) is 23.5 Å². The number of carbonyl (C=O) groups excluding carboxylic acids is 4. The lowest BCUT2D eigenvalue weighted by molar-refractivity contribution is -0.147. The topological polar surface area (TPSA) is 138 Å². The third kappa shape index (κ3) is 4.10. The fourth-order valence-electron chi connectivity index (χ4n) is 4.25. The Morgan fingerprint density at radius 2 is 1.91 bits per heavy atom. The van der Waals surface area contributed by atoms with Gasteiger partial charge in [-0.1, -0.05) is 26.0 Å². The van der Waals surface area contributed by atoms with Gasteiger partial charge in [0.1, 0.15) is 11.7 Å². The van der Waals surface area contributed by atoms with E-state index in [1.54, 1.807) is 17.6 Å². The van der Waals surface area contributed by atoms with E-state index >= 15 is 0 Å². The van der Waals surface area contributed by atoms with E-state index in [1.165, 1.54) is 16.2 Å². The molecule has 3 atom stereocenters. The maximum Gasteiger partial charge on any atom is 0.265 e. The minimum atomic E-state index is -0.887. The van der Waals surface area contributed by atoms with Gasteiger partial charge in [-0.05, 0) is 31.2 Å². The Labute approximate surface area is 189 Å². The Hall–Kier alpha value is -3.27. The molecule has 4 amide bonds. The summed E-state index contributed by atoms with van der Waals surface area (Å²) in [5.41, 5.74) is 6.76. The lowest BCUT2D eigenvalue weighted by Gasteiger charge is -2.27. The summed E-state index contributed by atoms with van der Waals surface area (Å²) in [6, 6.07) is 0.698. The Bertz CT molecular complexity index is 1080. The highest BCUT2D eigenvalue weighted by Gasteiger charge is 2.51. The van der Waals surface area contributed by atoms with Crippen molar-refractivity contribution in [1.29, 1.82) is 0 Å². The van der Waals surface area contributed by atoms with Gasteiger partial charge in [0.15, 0.2) is 5.13 Å². The number of primary amides is 1. The summed E-state index contributed by atoms with van der Waals surface area (Å²) in [4.78, 5) is 58.9. The number of hydrogen-bond donors (Lipinski definition) is 3. The maximum atomic E-state index is 13.2. The highest BCUT2D eigenvalue weighted by atomic mass is 32.1. The van der Waals surface area contributed by atoms with Gasteiger partial charge in [-0.15, -0.1) is 11.3 Å². The number of H-pyrrole nitrogens is 1. The highest BCUT2D eigenvalue weighted by molar-refractivity contribution is 7.14. The van der Waals surface area contributed by atoms with Crippen LogP contribution in [-0.2, 0) is 14.4 Å². The average Bonchev–Trinajstić information content (AvgIpc) is 3.46. The number of allylic oxidation sites excluding steroid dienone is 2. The van der Waals surface area contributed by atoms with Gasteiger partial charge in [0, 0.05) is 17.1 Å². The molecule has 3 heterocycles. The number of carbonyl (C=O) groups is 4. The Morgan fingerprint density at radius 1 is 1.25 bits per heavy atom. The van der Waals surface area contributed by atoms with Crippen LogP contribution in [0.25, 0.3) is 11.3 Å². The molecule has 10 heteroatoms. The van der Waals surface area contributed by atoms with E-state index in [0.29, 0.717) is 35.7 Å². The number of nitrogens with one attached hydrogen (secondary N) is 2. The van der Waals surface area contributed by atoms with Crippen LogP contribution in [0.15, 0.2) is 29.8 Å². The van der Waals surface area contributed by atoms with E-state index in [0.717, 1.165) is 0 Å². The van der Waals surface area contributed by atoms with Crippen molar-refractivity contribution < 1.29 is 19.2 Å². The third-order valence-electron chi connectivity index (χ3n) is 5.83. The molecule has 1 aliphatic carbocycles. The van der Waals surface area contributed by atoms with Crippen molar-refractivity contribution >= 4 is 40.1 Å². The SMILES string of the molecule is CC(C)C[C@H](C(=O)Nc1nc(-c2c[nH]c(C(N)=O)c2)cs1)N1C(=O)[C@H]2CC=CC[C@@H]2C1=O. The number of amides is 4. The number of aromatic nitrogens is 2. The average molecular weight is 456 g/mol. The van der Waals surface area contributed by atoms with Gasteiger partial charge in [-0.25, -0.2) is 4.98 Å². The van der Waals surface area contributed by atoms with Crippen molar-refractivity contribution in [3.63, 3.8) is 0 Å². The van der Waals surface area contributed by atoms with Gasteiger partial charge in [-0.3, -0.25) is 24.1 Å². The standard InChI is InChI=1S/C22H25N5O4S/c1-11(2)7-17(27-20(30)13-5-3-4-6-14(13)21(27)31)19(29)26-22-25-16(10-32-22)12-8-15(18(23)28)24-9-12/h3-4,8-11,13-14,17,24H,5-7H2,1-2H3,(H2,23,28)(H,25,26,29)/t13-,14-,17+/m0/s1. The molecule has 1 saturated heterocycles. The predicted molar refractivity (Wildman–Crippen MR) is 119 cm³/mol. The lowest BCUT2D eigenvalue weighted by Crippen LogP contribution is -2.48. The molecule has 0 spiro atoms. The molecule has 2 aromatic rings. The largest absolute Gasteiger partial charge is 0.364 e. The van der Waals surface area contributed by atoms with Crippen molar-refractivity contribution in [1.82, 2.24) is 14.9 Å². The van der Waals surface area contributed by atoms with E-state index in [9.17, 15) is 19.2 Å². The summed E-state index contributed by atoms with van der Waals surface area (Å²) in [7, 11) is 0. The molecule has 0 bridgehead atoms. The molecule has 168 valence electrons. The number of anilines is 1. The fourth-order valence-corrected chi connectivity index (χ4v) is 4.97. The van der Waals surface area contributed by atoms with Crippen molar-refractivity contribution in [3.05, 3.63) is 35.5 Å². The van der Waals surface area contributed by atoms with Gasteiger partial charge < -0.3 is 16.0 Å². The summed E-state index contributed by atoms with van der Waals surface area (Å²) >= 11 is 1.22. The molecule has 4 rings (SSSR count). The van der Waals surface area contributed by atoms with Crippen LogP contribution in [-0.4, -0.2) is 44.5 Å². The predicted octanol–water partition coefficient (Wildman–Crippen LogP) is 2.54. The number of likely N-dealkylation sites (tertiary alicyclic amines) is 1. The molecule has 32 heavy (non-hydrogen) atoms. The first-order valence-electron chi connectivity index (χ1n) is 10.5. The third-order valence-corrected chi connectivity index (χ3v) is 6.59. The quantitative estimate of drug-likeness (QED) is 0.435. The van der Waals surface area contributed by atoms with Gasteiger partial charge in [-0.2, -0.15) is 0 Å². The smallest absolute Gasteiger partial charge is 0.265 e. The number of thiazole rings is 1. The molecule has 4 N–H and O–H groups in total. The van der Waals surface area contributed by atoms with Crippen LogP contribution >= 0.6 is 11.3 Å². The van der Waals surface area contributed by atoms with Crippen molar-refractivity contribution in [2.45, 2.75) is 39.2 Å². The van der Waals surface area contributed by atoms with Crippen LogP contribution < -0.4 is 11.1 Å². The highest BCUT2D eigenvalue weighted by Crippen LogP contribution is 2.37. The Kier molecular flexibility index (Phi) is 5.96. The lowest BCUT2D eigenvalue weighted by atomic mass is 9.85. The van der Waals surface area contributed by atoms with Gasteiger partial charge in [0.2, 0.25) is 17.7 Å². The van der Waals surface area contributed by atoms with E-state index in [1.807, 2.05) is 26.0 Å². The van der Waals surface area contributed by atoms with Crippen LogP contribution in [0.5, 0.6) is 0 Å². The van der Waals surface area contributed by atoms with Crippen molar-refractivity contribution in [2.75, 3.05) is 5.32 Å². The second-order valence-corrected chi connectivity index (χ2v) is 9.40. The molecule has 0 unspecified atom stereocenters. The molecule has 0 aromatic carbocycles. The number of rotatable bonds is 7. The summed E-state index contributed by atoms with van der Waals surface area (Å²) in [5.74, 6) is -2.20. The van der Waals surface area contributed by atoms with E-state index in [2.05, 4.69) is 15.3 Å². The van der Waals surface area contributed by atoms with E-state index < -0.39 is 17.9 Å². The monoisotopic (exact) mass is 455 g/mol. The zero-order valence-electron chi connectivity index (χ0n) is 17.8. The number of fused-ring (bicyclic) bond motifs is 1. The normalized spacial score (nSPS) is 21.2. The van der Waals surface area contributed by atoms with Gasteiger partial charge >= 0.3 is 0 Å².